The van der Waals surface area contributed by atoms with Crippen LogP contribution in [0, 0.1) is 12.8 Å². The number of hydrogen-bond donors (Lipinski definition) is 1. The molecule has 3 heterocycles. The van der Waals surface area contributed by atoms with Crippen LogP contribution in [0.1, 0.15) is 62.5 Å². The molecule has 6 heteroatoms. The van der Waals surface area contributed by atoms with Crippen molar-refractivity contribution < 1.29 is 5.11 Å². The average molecular weight is 325 g/mol. The summed E-state index contributed by atoms with van der Waals surface area (Å²) in [5.41, 5.74) is 2.27. The lowest BCUT2D eigenvalue weighted by Gasteiger charge is -2.35. The second-order valence-electron chi connectivity index (χ2n) is 7.57. The normalized spacial score (nSPS) is 23.8. The molecule has 0 aromatic carbocycles. The first-order chi connectivity index (χ1) is 11.7. The molecule has 2 saturated carbocycles. The van der Waals surface area contributed by atoms with Crippen molar-refractivity contribution in [3.63, 3.8) is 0 Å². The van der Waals surface area contributed by atoms with Crippen molar-refractivity contribution in [2.75, 3.05) is 11.4 Å². The van der Waals surface area contributed by atoms with Gasteiger partial charge < -0.3 is 10.0 Å². The first-order valence-corrected chi connectivity index (χ1v) is 9.03. The third-order valence-corrected chi connectivity index (χ3v) is 5.78. The molecule has 0 spiro atoms. The fourth-order valence-corrected chi connectivity index (χ4v) is 4.26. The smallest absolute Gasteiger partial charge is 0.189 e. The second kappa shape index (κ2) is 4.79. The summed E-state index contributed by atoms with van der Waals surface area (Å²) in [5, 5.41) is 19.9. The molecule has 1 N–H and O–H groups in total. The fraction of sp³-hybridized carbons (Fsp3) is 0.611. The number of anilines is 1. The van der Waals surface area contributed by atoms with Crippen LogP contribution >= 0.6 is 0 Å². The first-order valence-electron chi connectivity index (χ1n) is 9.03. The van der Waals surface area contributed by atoms with E-state index in [1.165, 1.54) is 25.7 Å². The van der Waals surface area contributed by atoms with Crippen LogP contribution in [0.3, 0.4) is 0 Å². The third kappa shape index (κ3) is 1.83. The Balaban J connectivity index is 1.71. The molecule has 2 fully saturated rings. The van der Waals surface area contributed by atoms with Gasteiger partial charge in [-0.3, -0.25) is 4.57 Å². The van der Waals surface area contributed by atoms with Crippen LogP contribution in [-0.2, 0) is 5.41 Å². The third-order valence-electron chi connectivity index (χ3n) is 5.78. The van der Waals surface area contributed by atoms with E-state index in [1.807, 2.05) is 18.0 Å². The molecule has 3 aliphatic rings. The number of pyridine rings is 1. The Morgan fingerprint density at radius 2 is 2.08 bits per heavy atom. The van der Waals surface area contributed by atoms with Crippen molar-refractivity contribution in [2.45, 2.75) is 57.6 Å². The van der Waals surface area contributed by atoms with Gasteiger partial charge in [-0.1, -0.05) is 6.92 Å². The highest BCUT2D eigenvalue weighted by Gasteiger charge is 2.59. The van der Waals surface area contributed by atoms with Gasteiger partial charge in [-0.25, -0.2) is 4.98 Å². The molecule has 5 rings (SSSR count). The maximum absolute atomic E-state index is 10.9. The van der Waals surface area contributed by atoms with Crippen LogP contribution in [-0.4, -0.2) is 31.4 Å². The SMILES string of the molecule is CCCN1c2cc(C)cnc2-n2c(nnc2C2(C3CC3)CC2)C1O. The minimum atomic E-state index is -0.752. The molecule has 1 aliphatic heterocycles. The van der Waals surface area contributed by atoms with E-state index in [2.05, 4.69) is 27.8 Å². The molecule has 2 aromatic rings. The summed E-state index contributed by atoms with van der Waals surface area (Å²) < 4.78 is 2.05. The monoisotopic (exact) mass is 325 g/mol. The minimum absolute atomic E-state index is 0.182. The number of aryl methyl sites for hydroxylation is 1. The number of rotatable bonds is 4. The van der Waals surface area contributed by atoms with Crippen molar-refractivity contribution in [2.24, 2.45) is 5.92 Å². The molecule has 1 atom stereocenters. The lowest BCUT2D eigenvalue weighted by molar-refractivity contribution is 0.155. The zero-order valence-corrected chi connectivity index (χ0v) is 14.2. The minimum Gasteiger partial charge on any atom is -0.367 e. The van der Waals surface area contributed by atoms with Crippen molar-refractivity contribution in [3.05, 3.63) is 29.5 Å². The lowest BCUT2D eigenvalue weighted by Crippen LogP contribution is -2.37. The average Bonchev–Trinajstić information content (AvgIpc) is 3.48. The van der Waals surface area contributed by atoms with E-state index in [9.17, 15) is 5.11 Å². The number of fused-ring (bicyclic) bond motifs is 3. The molecule has 0 amide bonds. The highest BCUT2D eigenvalue weighted by molar-refractivity contribution is 5.64. The Kier molecular flexibility index (Phi) is 2.87. The fourth-order valence-electron chi connectivity index (χ4n) is 4.26. The Morgan fingerprint density at radius 3 is 2.75 bits per heavy atom. The maximum Gasteiger partial charge on any atom is 0.189 e. The van der Waals surface area contributed by atoms with Crippen LogP contribution in [0.15, 0.2) is 12.3 Å². The highest BCUT2D eigenvalue weighted by Crippen LogP contribution is 2.62. The van der Waals surface area contributed by atoms with Gasteiger partial charge in [0.15, 0.2) is 17.9 Å². The standard InChI is InChI=1S/C18H23N5O/c1-3-8-22-13-9-11(2)10-19-14(13)23-15(16(22)24)20-21-17(23)18(6-7-18)12-4-5-12/h9-10,12,16,24H,3-8H2,1-2H3. The molecule has 2 aliphatic carbocycles. The molecule has 2 aromatic heterocycles. The molecular weight excluding hydrogens is 302 g/mol. The molecule has 24 heavy (non-hydrogen) atoms. The summed E-state index contributed by atoms with van der Waals surface area (Å²) in [7, 11) is 0. The molecule has 0 radical (unpaired) electrons. The van der Waals surface area contributed by atoms with Crippen LogP contribution in [0.4, 0.5) is 5.69 Å². The van der Waals surface area contributed by atoms with Crippen molar-refractivity contribution in [1.82, 2.24) is 19.7 Å². The highest BCUT2D eigenvalue weighted by atomic mass is 16.3. The van der Waals surface area contributed by atoms with Gasteiger partial charge in [0, 0.05) is 18.2 Å². The lowest BCUT2D eigenvalue weighted by atomic mass is 9.99. The van der Waals surface area contributed by atoms with E-state index in [1.54, 1.807) is 0 Å². The van der Waals surface area contributed by atoms with E-state index < -0.39 is 6.23 Å². The Bertz CT molecular complexity index is 806. The molecular formula is C18H23N5O. The van der Waals surface area contributed by atoms with Gasteiger partial charge >= 0.3 is 0 Å². The predicted octanol–water partition coefficient (Wildman–Crippen LogP) is 2.63. The Morgan fingerprint density at radius 1 is 1.29 bits per heavy atom. The zero-order chi connectivity index (χ0) is 16.5. The summed E-state index contributed by atoms with van der Waals surface area (Å²) in [6.45, 7) is 4.93. The summed E-state index contributed by atoms with van der Waals surface area (Å²) in [5.74, 6) is 3.26. The van der Waals surface area contributed by atoms with Crippen LogP contribution < -0.4 is 4.90 Å². The van der Waals surface area contributed by atoms with Gasteiger partial charge in [0.25, 0.3) is 0 Å². The summed E-state index contributed by atoms with van der Waals surface area (Å²) in [4.78, 5) is 6.71. The topological polar surface area (TPSA) is 67.1 Å². The van der Waals surface area contributed by atoms with Crippen molar-refractivity contribution in [3.8, 4) is 5.82 Å². The van der Waals surface area contributed by atoms with Gasteiger partial charge in [-0.15, -0.1) is 10.2 Å². The molecule has 1 unspecified atom stereocenters. The van der Waals surface area contributed by atoms with E-state index in [0.717, 1.165) is 41.8 Å². The summed E-state index contributed by atoms with van der Waals surface area (Å²) in [6, 6.07) is 2.12. The van der Waals surface area contributed by atoms with Gasteiger partial charge in [0.05, 0.1) is 5.69 Å². The van der Waals surface area contributed by atoms with Crippen LogP contribution in [0.5, 0.6) is 0 Å². The van der Waals surface area contributed by atoms with E-state index in [-0.39, 0.29) is 5.41 Å². The second-order valence-corrected chi connectivity index (χ2v) is 7.57. The van der Waals surface area contributed by atoms with Crippen LogP contribution in [0.2, 0.25) is 0 Å². The quantitative estimate of drug-likeness (QED) is 0.936. The van der Waals surface area contributed by atoms with E-state index >= 15 is 0 Å². The molecule has 0 saturated heterocycles. The number of aliphatic hydroxyl groups is 1. The van der Waals surface area contributed by atoms with Gasteiger partial charge in [0.2, 0.25) is 0 Å². The number of nitrogens with zero attached hydrogens (tertiary/aromatic N) is 5. The van der Waals surface area contributed by atoms with E-state index in [4.69, 9.17) is 4.98 Å². The van der Waals surface area contributed by atoms with Gasteiger partial charge in [0.1, 0.15) is 5.82 Å². The Hall–Kier alpha value is -1.95. The zero-order valence-electron chi connectivity index (χ0n) is 14.2. The summed E-state index contributed by atoms with van der Waals surface area (Å²) >= 11 is 0. The van der Waals surface area contributed by atoms with E-state index in [0.29, 0.717) is 5.82 Å². The largest absolute Gasteiger partial charge is 0.367 e. The van der Waals surface area contributed by atoms with Crippen molar-refractivity contribution in [1.29, 1.82) is 0 Å². The maximum atomic E-state index is 10.9. The first kappa shape index (κ1) is 14.4. The number of hydrogen-bond acceptors (Lipinski definition) is 5. The van der Waals surface area contributed by atoms with Gasteiger partial charge in [-0.2, -0.15) is 0 Å². The number of aromatic nitrogens is 4. The molecule has 0 bridgehead atoms. The molecule has 6 nitrogen and oxygen atoms in total. The van der Waals surface area contributed by atoms with Crippen LogP contribution in [0.25, 0.3) is 5.82 Å². The molecule has 126 valence electrons. The van der Waals surface area contributed by atoms with Crippen molar-refractivity contribution >= 4 is 5.69 Å². The Labute approximate surface area is 141 Å². The summed E-state index contributed by atoms with van der Waals surface area (Å²) in [6.07, 6.45) is 7.05. The van der Waals surface area contributed by atoms with Gasteiger partial charge in [-0.05, 0) is 56.6 Å². The predicted molar refractivity (Wildman–Crippen MR) is 90.1 cm³/mol. The number of aliphatic hydroxyl groups excluding tert-OH is 1.